The zero-order chi connectivity index (χ0) is 12.4. The van der Waals surface area contributed by atoms with Crippen molar-refractivity contribution in [3.05, 3.63) is 23.3 Å². The van der Waals surface area contributed by atoms with Crippen molar-refractivity contribution >= 4 is 5.91 Å². The molecule has 0 aliphatic heterocycles. The molecule has 0 saturated carbocycles. The van der Waals surface area contributed by atoms with Crippen LogP contribution in [0.1, 0.15) is 34.8 Å². The monoisotopic (exact) mass is 235 g/mol. The highest BCUT2D eigenvalue weighted by Crippen LogP contribution is 2.08. The number of nitrogens with one attached hydrogen (secondary N) is 2. The lowest BCUT2D eigenvalue weighted by atomic mass is 10.2. The summed E-state index contributed by atoms with van der Waals surface area (Å²) in [7, 11) is 1.77. The molecule has 8 nitrogen and oxygen atoms in total. The van der Waals surface area contributed by atoms with Gasteiger partial charge in [0, 0.05) is 13.2 Å². The first-order chi connectivity index (χ1) is 8.08. The number of carbonyl (C=O) groups excluding carboxylic acids is 1. The number of nitrogens with zero attached hydrogens (tertiary/aromatic N) is 5. The number of rotatable bonds is 3. The van der Waals surface area contributed by atoms with Crippen LogP contribution < -0.4 is 5.32 Å². The lowest BCUT2D eigenvalue weighted by Gasteiger charge is -2.08. The minimum Gasteiger partial charge on any atom is -0.342 e. The largest absolute Gasteiger partial charge is 0.342 e. The van der Waals surface area contributed by atoms with Crippen molar-refractivity contribution in [3.8, 4) is 0 Å². The Kier molecular flexibility index (Phi) is 2.86. The predicted molar refractivity (Wildman–Crippen MR) is 58.0 cm³/mol. The summed E-state index contributed by atoms with van der Waals surface area (Å²) >= 11 is 0. The number of carbonyl (C=O) groups is 1. The van der Waals surface area contributed by atoms with Crippen LogP contribution in [-0.4, -0.2) is 36.3 Å². The maximum absolute atomic E-state index is 11.9. The molecule has 1 atom stereocenters. The Morgan fingerprint density at radius 2 is 2.35 bits per heavy atom. The Hall–Kier alpha value is -2.25. The van der Waals surface area contributed by atoms with Gasteiger partial charge in [-0.2, -0.15) is 10.3 Å². The van der Waals surface area contributed by atoms with E-state index in [1.807, 2.05) is 0 Å². The first-order valence-corrected chi connectivity index (χ1v) is 5.12. The van der Waals surface area contributed by atoms with Crippen LogP contribution in [0.15, 0.2) is 6.20 Å². The van der Waals surface area contributed by atoms with Gasteiger partial charge in [0.15, 0.2) is 5.82 Å². The van der Waals surface area contributed by atoms with E-state index in [9.17, 15) is 4.79 Å². The molecule has 0 bridgehead atoms. The minimum atomic E-state index is -0.305. The van der Waals surface area contributed by atoms with Gasteiger partial charge < -0.3 is 5.32 Å². The Morgan fingerprint density at radius 3 is 2.88 bits per heavy atom. The van der Waals surface area contributed by atoms with E-state index in [2.05, 4.69) is 31.0 Å². The smallest absolute Gasteiger partial charge is 0.255 e. The Labute approximate surface area is 97.4 Å². The van der Waals surface area contributed by atoms with E-state index in [4.69, 9.17) is 0 Å². The molecule has 2 heterocycles. The van der Waals surface area contributed by atoms with Crippen LogP contribution in [0, 0.1) is 6.92 Å². The summed E-state index contributed by atoms with van der Waals surface area (Å²) < 4.78 is 1.60. The maximum atomic E-state index is 11.9. The van der Waals surface area contributed by atoms with Gasteiger partial charge in [0.1, 0.15) is 0 Å². The number of hydrogen-bond donors (Lipinski definition) is 2. The van der Waals surface area contributed by atoms with E-state index in [0.29, 0.717) is 17.1 Å². The lowest BCUT2D eigenvalue weighted by Crippen LogP contribution is -2.27. The summed E-state index contributed by atoms with van der Waals surface area (Å²) in [4.78, 5) is 11.9. The molecule has 0 aliphatic rings. The van der Waals surface area contributed by atoms with E-state index in [1.54, 1.807) is 31.8 Å². The first kappa shape index (κ1) is 11.2. The minimum absolute atomic E-state index is 0.201. The third-order valence-corrected chi connectivity index (χ3v) is 2.35. The van der Waals surface area contributed by atoms with Crippen LogP contribution in [0.5, 0.6) is 0 Å². The van der Waals surface area contributed by atoms with Gasteiger partial charge in [-0.15, -0.1) is 10.2 Å². The Morgan fingerprint density at radius 1 is 1.59 bits per heavy atom. The summed E-state index contributed by atoms with van der Waals surface area (Å²) in [6.07, 6.45) is 1.67. The van der Waals surface area contributed by atoms with Crippen molar-refractivity contribution in [3.63, 3.8) is 0 Å². The van der Waals surface area contributed by atoms with Crippen LogP contribution in [0.2, 0.25) is 0 Å². The van der Waals surface area contributed by atoms with Crippen molar-refractivity contribution in [2.75, 3.05) is 0 Å². The second-order valence-corrected chi connectivity index (χ2v) is 3.77. The summed E-state index contributed by atoms with van der Waals surface area (Å²) in [5.41, 5.74) is 1.23. The van der Waals surface area contributed by atoms with E-state index in [1.165, 1.54) is 0 Å². The van der Waals surface area contributed by atoms with Crippen LogP contribution in [0.3, 0.4) is 0 Å². The molecule has 0 fully saturated rings. The number of aromatic amines is 1. The molecule has 1 unspecified atom stereocenters. The van der Waals surface area contributed by atoms with Gasteiger partial charge in [0.2, 0.25) is 0 Å². The summed E-state index contributed by atoms with van der Waals surface area (Å²) in [5, 5.41) is 20.3. The third kappa shape index (κ3) is 2.30. The van der Waals surface area contributed by atoms with Crippen LogP contribution in [0.25, 0.3) is 0 Å². The van der Waals surface area contributed by atoms with Crippen LogP contribution >= 0.6 is 0 Å². The van der Waals surface area contributed by atoms with Gasteiger partial charge in [-0.3, -0.25) is 9.48 Å². The van der Waals surface area contributed by atoms with Crippen molar-refractivity contribution in [1.29, 1.82) is 0 Å². The van der Waals surface area contributed by atoms with Gasteiger partial charge in [-0.25, -0.2) is 0 Å². The van der Waals surface area contributed by atoms with Crippen molar-refractivity contribution in [2.24, 2.45) is 7.05 Å². The highest BCUT2D eigenvalue weighted by atomic mass is 16.1. The molecule has 0 spiro atoms. The quantitative estimate of drug-likeness (QED) is 0.762. The summed E-state index contributed by atoms with van der Waals surface area (Å²) in [5.74, 6) is 0.243. The summed E-state index contributed by atoms with van der Waals surface area (Å²) in [6, 6.07) is -0.305. The molecule has 0 aliphatic carbocycles. The average molecular weight is 235 g/mol. The maximum Gasteiger partial charge on any atom is 0.255 e. The molecule has 2 rings (SSSR count). The molecule has 0 radical (unpaired) electrons. The van der Waals surface area contributed by atoms with Crippen molar-refractivity contribution in [2.45, 2.75) is 19.9 Å². The van der Waals surface area contributed by atoms with E-state index in [0.717, 1.165) is 0 Å². The number of aryl methyl sites for hydroxylation is 2. The van der Waals surface area contributed by atoms with Gasteiger partial charge in [0.25, 0.3) is 5.91 Å². The number of amides is 1. The number of hydrogen-bond acceptors (Lipinski definition) is 5. The molecule has 2 aromatic rings. The molecule has 2 N–H and O–H groups in total. The fraction of sp³-hybridized carbons (Fsp3) is 0.444. The molecule has 90 valence electrons. The molecule has 2 aromatic heterocycles. The SMILES string of the molecule is Cc1nn(C)cc1C(=O)NC(C)c1nn[nH]n1. The molecule has 17 heavy (non-hydrogen) atoms. The van der Waals surface area contributed by atoms with Gasteiger partial charge in [-0.05, 0) is 13.8 Å². The highest BCUT2D eigenvalue weighted by molar-refractivity contribution is 5.95. The Bertz CT molecular complexity index is 515. The van der Waals surface area contributed by atoms with E-state index >= 15 is 0 Å². The molecule has 0 saturated heterocycles. The third-order valence-electron chi connectivity index (χ3n) is 2.35. The van der Waals surface area contributed by atoms with E-state index < -0.39 is 0 Å². The van der Waals surface area contributed by atoms with Crippen LogP contribution in [-0.2, 0) is 7.05 Å². The molecule has 1 amide bonds. The van der Waals surface area contributed by atoms with Crippen LogP contribution in [0.4, 0.5) is 0 Å². The first-order valence-electron chi connectivity index (χ1n) is 5.12. The molecular weight excluding hydrogens is 222 g/mol. The molecular formula is C9H13N7O. The van der Waals surface area contributed by atoms with Gasteiger partial charge in [0.05, 0.1) is 17.3 Å². The van der Waals surface area contributed by atoms with Gasteiger partial charge in [-0.1, -0.05) is 5.21 Å². The standard InChI is InChI=1S/C9H13N7O/c1-5-7(4-16(3)13-5)9(17)10-6(2)8-11-14-15-12-8/h4,6H,1-3H3,(H,10,17)(H,11,12,14,15). The van der Waals surface area contributed by atoms with Gasteiger partial charge >= 0.3 is 0 Å². The average Bonchev–Trinajstić information content (AvgIpc) is 2.87. The zero-order valence-corrected chi connectivity index (χ0v) is 9.80. The van der Waals surface area contributed by atoms with Crippen molar-refractivity contribution in [1.82, 2.24) is 35.7 Å². The second-order valence-electron chi connectivity index (χ2n) is 3.77. The number of tetrazole rings is 1. The summed E-state index contributed by atoms with van der Waals surface area (Å²) in [6.45, 7) is 3.57. The topological polar surface area (TPSA) is 101 Å². The van der Waals surface area contributed by atoms with E-state index in [-0.39, 0.29) is 11.9 Å². The van der Waals surface area contributed by atoms with Crippen molar-refractivity contribution < 1.29 is 4.79 Å². The fourth-order valence-corrected chi connectivity index (χ4v) is 1.51. The second kappa shape index (κ2) is 4.32. The predicted octanol–water partition coefficient (Wildman–Crippen LogP) is -0.267. The number of H-pyrrole nitrogens is 1. The zero-order valence-electron chi connectivity index (χ0n) is 9.80. The molecule has 0 aromatic carbocycles. The fourth-order valence-electron chi connectivity index (χ4n) is 1.51. The highest BCUT2D eigenvalue weighted by Gasteiger charge is 2.17. The Balaban J connectivity index is 2.09. The normalized spacial score (nSPS) is 12.4. The lowest BCUT2D eigenvalue weighted by molar-refractivity contribution is 0.0937. The number of aromatic nitrogens is 6. The molecule has 8 heteroatoms.